The minimum Gasteiger partial charge on any atom is -0.439 e. The van der Waals surface area contributed by atoms with Crippen LogP contribution in [0.25, 0.3) is 11.3 Å². The molecule has 1 fully saturated rings. The lowest BCUT2D eigenvalue weighted by Crippen LogP contribution is -2.39. The molecule has 0 aliphatic carbocycles. The van der Waals surface area contributed by atoms with Crippen molar-refractivity contribution in [2.75, 3.05) is 32.9 Å². The van der Waals surface area contributed by atoms with E-state index in [-0.39, 0.29) is 6.10 Å². The molecule has 0 amide bonds. The molecule has 1 aliphatic rings. The van der Waals surface area contributed by atoms with Crippen LogP contribution in [0.3, 0.4) is 0 Å². The fourth-order valence-corrected chi connectivity index (χ4v) is 4.50. The first-order valence-electron chi connectivity index (χ1n) is 12.2. The van der Waals surface area contributed by atoms with Gasteiger partial charge in [-0.05, 0) is 44.0 Å². The summed E-state index contributed by atoms with van der Waals surface area (Å²) >= 11 is 6.07. The van der Waals surface area contributed by atoms with Gasteiger partial charge in [0.2, 0.25) is 5.88 Å². The fourth-order valence-electron chi connectivity index (χ4n) is 4.37. The Kier molecular flexibility index (Phi) is 9.18. The Morgan fingerprint density at radius 2 is 1.97 bits per heavy atom. The standard InChI is InChI=1S/C27H34ClN3O4/c1-3-33-19-22(32)16-31(17-24-10-7-15-34-24)18-25-26(20-8-5-4-6-9-20)29-30(2)27(25)35-23-13-11-21(28)12-14-23/h4-6,8-9,11-14,22,24,32H,3,7,10,15-19H2,1-2H3/t22-,24+/m1/s1. The zero-order valence-electron chi connectivity index (χ0n) is 20.4. The Labute approximate surface area is 212 Å². The number of benzene rings is 2. The van der Waals surface area contributed by atoms with Gasteiger partial charge in [-0.2, -0.15) is 5.10 Å². The van der Waals surface area contributed by atoms with Crippen molar-refractivity contribution in [3.05, 3.63) is 65.2 Å². The lowest BCUT2D eigenvalue weighted by atomic mass is 10.1. The highest BCUT2D eigenvalue weighted by molar-refractivity contribution is 6.30. The van der Waals surface area contributed by atoms with Crippen LogP contribution in [-0.2, 0) is 23.1 Å². The third-order valence-corrected chi connectivity index (χ3v) is 6.27. The highest BCUT2D eigenvalue weighted by Crippen LogP contribution is 2.34. The van der Waals surface area contributed by atoms with Crippen LogP contribution in [-0.4, -0.2) is 64.9 Å². The quantitative estimate of drug-likeness (QED) is 0.382. The van der Waals surface area contributed by atoms with Gasteiger partial charge in [-0.15, -0.1) is 0 Å². The van der Waals surface area contributed by atoms with Crippen LogP contribution in [0, 0.1) is 0 Å². The van der Waals surface area contributed by atoms with Crippen LogP contribution in [0.2, 0.25) is 5.02 Å². The molecule has 1 N–H and O–H groups in total. The summed E-state index contributed by atoms with van der Waals surface area (Å²) in [5, 5.41) is 16.1. The molecule has 3 aromatic rings. The van der Waals surface area contributed by atoms with Crippen LogP contribution in [0.1, 0.15) is 25.3 Å². The molecule has 35 heavy (non-hydrogen) atoms. The molecular weight excluding hydrogens is 466 g/mol. The van der Waals surface area contributed by atoms with E-state index in [4.69, 9.17) is 30.9 Å². The van der Waals surface area contributed by atoms with Crippen molar-refractivity contribution < 1.29 is 19.3 Å². The zero-order chi connectivity index (χ0) is 24.6. The van der Waals surface area contributed by atoms with E-state index in [0.29, 0.717) is 49.5 Å². The number of nitrogens with zero attached hydrogens (tertiary/aromatic N) is 3. The maximum absolute atomic E-state index is 10.7. The molecule has 0 unspecified atom stereocenters. The van der Waals surface area contributed by atoms with Crippen molar-refractivity contribution >= 4 is 11.6 Å². The Balaban J connectivity index is 1.66. The maximum atomic E-state index is 10.7. The van der Waals surface area contributed by atoms with Gasteiger partial charge >= 0.3 is 0 Å². The van der Waals surface area contributed by atoms with E-state index in [9.17, 15) is 5.11 Å². The Hall–Kier alpha value is -2.42. The molecule has 0 bridgehead atoms. The maximum Gasteiger partial charge on any atom is 0.222 e. The van der Waals surface area contributed by atoms with Gasteiger partial charge in [-0.3, -0.25) is 4.90 Å². The highest BCUT2D eigenvalue weighted by atomic mass is 35.5. The molecule has 2 aromatic carbocycles. The van der Waals surface area contributed by atoms with Crippen molar-refractivity contribution in [2.24, 2.45) is 7.05 Å². The molecule has 8 heteroatoms. The lowest BCUT2D eigenvalue weighted by molar-refractivity contribution is 0.00505. The Morgan fingerprint density at radius 3 is 2.66 bits per heavy atom. The number of hydrogen-bond acceptors (Lipinski definition) is 6. The summed E-state index contributed by atoms with van der Waals surface area (Å²) in [5.74, 6) is 1.34. The minimum atomic E-state index is -0.603. The van der Waals surface area contributed by atoms with E-state index >= 15 is 0 Å². The second-order valence-corrected chi connectivity index (χ2v) is 9.26. The van der Waals surface area contributed by atoms with E-state index in [1.165, 1.54) is 0 Å². The molecule has 0 saturated carbocycles. The summed E-state index contributed by atoms with van der Waals surface area (Å²) in [6.07, 6.45) is 1.62. The summed E-state index contributed by atoms with van der Waals surface area (Å²) in [6, 6.07) is 17.4. The summed E-state index contributed by atoms with van der Waals surface area (Å²) in [6.45, 7) is 5.31. The number of aryl methyl sites for hydroxylation is 1. The number of hydrogen-bond donors (Lipinski definition) is 1. The van der Waals surface area contributed by atoms with Crippen LogP contribution >= 0.6 is 11.6 Å². The van der Waals surface area contributed by atoms with E-state index in [1.807, 2.05) is 56.4 Å². The lowest BCUT2D eigenvalue weighted by Gasteiger charge is -2.27. The highest BCUT2D eigenvalue weighted by Gasteiger charge is 2.26. The van der Waals surface area contributed by atoms with E-state index in [1.54, 1.807) is 16.8 Å². The summed E-state index contributed by atoms with van der Waals surface area (Å²) in [4.78, 5) is 2.22. The van der Waals surface area contributed by atoms with Gasteiger partial charge in [0.1, 0.15) is 11.4 Å². The zero-order valence-corrected chi connectivity index (χ0v) is 21.2. The first-order chi connectivity index (χ1) is 17.0. The molecule has 1 aliphatic heterocycles. The Morgan fingerprint density at radius 1 is 1.20 bits per heavy atom. The largest absolute Gasteiger partial charge is 0.439 e. The molecule has 7 nitrogen and oxygen atoms in total. The van der Waals surface area contributed by atoms with E-state index < -0.39 is 6.10 Å². The minimum absolute atomic E-state index is 0.145. The van der Waals surface area contributed by atoms with Crippen molar-refractivity contribution in [1.29, 1.82) is 0 Å². The topological polar surface area (TPSA) is 69.0 Å². The summed E-state index contributed by atoms with van der Waals surface area (Å²) in [7, 11) is 1.88. The van der Waals surface area contributed by atoms with Crippen molar-refractivity contribution in [1.82, 2.24) is 14.7 Å². The molecule has 4 rings (SSSR count). The first kappa shape index (κ1) is 25.7. The number of rotatable bonds is 12. The van der Waals surface area contributed by atoms with Crippen molar-refractivity contribution in [3.8, 4) is 22.9 Å². The Bertz CT molecular complexity index is 1050. The molecule has 2 heterocycles. The average Bonchev–Trinajstić information content (AvgIpc) is 3.48. The van der Waals surface area contributed by atoms with Gasteiger partial charge in [0.05, 0.1) is 24.4 Å². The normalized spacial score (nSPS) is 16.7. The van der Waals surface area contributed by atoms with Gasteiger partial charge in [-0.25, -0.2) is 4.68 Å². The summed E-state index contributed by atoms with van der Waals surface area (Å²) in [5.41, 5.74) is 2.82. The van der Waals surface area contributed by atoms with Crippen LogP contribution < -0.4 is 4.74 Å². The SMILES string of the molecule is CCOC[C@H](O)CN(Cc1c(-c2ccccc2)nn(C)c1Oc1ccc(Cl)cc1)C[C@@H]1CCCO1. The predicted octanol–water partition coefficient (Wildman–Crippen LogP) is 4.91. The molecule has 188 valence electrons. The first-order valence-corrected chi connectivity index (χ1v) is 12.6. The summed E-state index contributed by atoms with van der Waals surface area (Å²) < 4.78 is 19.5. The van der Waals surface area contributed by atoms with Crippen LogP contribution in [0.4, 0.5) is 0 Å². The van der Waals surface area contributed by atoms with Gasteiger partial charge in [-0.1, -0.05) is 41.9 Å². The molecule has 1 saturated heterocycles. The number of halogens is 1. The van der Waals surface area contributed by atoms with Gasteiger partial charge in [0.15, 0.2) is 0 Å². The molecule has 2 atom stereocenters. The fraction of sp³-hybridized carbons (Fsp3) is 0.444. The van der Waals surface area contributed by atoms with Crippen molar-refractivity contribution in [2.45, 2.75) is 38.5 Å². The molecular formula is C27H34ClN3O4. The van der Waals surface area contributed by atoms with Crippen molar-refractivity contribution in [3.63, 3.8) is 0 Å². The second kappa shape index (κ2) is 12.5. The predicted molar refractivity (Wildman–Crippen MR) is 137 cm³/mol. The average molecular weight is 500 g/mol. The third-order valence-electron chi connectivity index (χ3n) is 6.01. The number of ether oxygens (including phenoxy) is 3. The van der Waals surface area contributed by atoms with Gasteiger partial charge in [0, 0.05) is 50.5 Å². The van der Waals surface area contributed by atoms with Gasteiger partial charge in [0.25, 0.3) is 0 Å². The van der Waals surface area contributed by atoms with E-state index in [2.05, 4.69) is 4.90 Å². The number of aliphatic hydroxyl groups is 1. The molecule has 1 aromatic heterocycles. The second-order valence-electron chi connectivity index (χ2n) is 8.82. The van der Waals surface area contributed by atoms with Crippen LogP contribution in [0.5, 0.6) is 11.6 Å². The van der Waals surface area contributed by atoms with Gasteiger partial charge < -0.3 is 19.3 Å². The molecule has 0 radical (unpaired) electrons. The van der Waals surface area contributed by atoms with Crippen LogP contribution in [0.15, 0.2) is 54.6 Å². The number of aliphatic hydroxyl groups excluding tert-OH is 1. The molecule has 0 spiro atoms. The third kappa shape index (κ3) is 7.06. The smallest absolute Gasteiger partial charge is 0.222 e. The number of aromatic nitrogens is 2. The monoisotopic (exact) mass is 499 g/mol. The van der Waals surface area contributed by atoms with E-state index in [0.717, 1.165) is 36.3 Å².